The number of halogens is 3. The monoisotopic (exact) mass is 285 g/mol. The van der Waals surface area contributed by atoms with Gasteiger partial charge in [0.25, 0.3) is 5.91 Å². The number of alkyl halides is 3. The van der Waals surface area contributed by atoms with E-state index in [1.807, 2.05) is 0 Å². The maximum Gasteiger partial charge on any atom is 0.416 e. The highest BCUT2D eigenvalue weighted by molar-refractivity contribution is 6.00. The van der Waals surface area contributed by atoms with Crippen LogP contribution in [0.3, 0.4) is 0 Å². The number of anilines is 1. The number of ether oxygens (including phenoxy) is 1. The van der Waals surface area contributed by atoms with E-state index in [1.54, 1.807) is 0 Å². The van der Waals surface area contributed by atoms with Crippen molar-refractivity contribution in [3.8, 4) is 5.75 Å². The standard InChI is InChI=1S/C14H14F3NO2/c15-14(16,17)9-4-5-11-10(8-9)18-12(19)13(20-11)6-2-1-3-7-13/h4-5,8H,1-3,6-7H2,(H,18,19). The predicted octanol–water partition coefficient (Wildman–Crippen LogP) is 3.74. The lowest BCUT2D eigenvalue weighted by Crippen LogP contribution is -2.52. The summed E-state index contributed by atoms with van der Waals surface area (Å²) in [6, 6.07) is 3.18. The van der Waals surface area contributed by atoms with Crippen LogP contribution in [0.2, 0.25) is 0 Å². The van der Waals surface area contributed by atoms with Gasteiger partial charge < -0.3 is 10.1 Å². The molecule has 0 radical (unpaired) electrons. The topological polar surface area (TPSA) is 38.3 Å². The van der Waals surface area contributed by atoms with Gasteiger partial charge in [-0.15, -0.1) is 0 Å². The Hall–Kier alpha value is -1.72. The van der Waals surface area contributed by atoms with Crippen molar-refractivity contribution in [1.82, 2.24) is 0 Å². The maximum absolute atomic E-state index is 12.6. The number of hydrogen-bond acceptors (Lipinski definition) is 2. The Morgan fingerprint density at radius 3 is 2.50 bits per heavy atom. The van der Waals surface area contributed by atoms with E-state index < -0.39 is 17.3 Å². The fourth-order valence-electron chi connectivity index (χ4n) is 2.84. The van der Waals surface area contributed by atoms with Crippen LogP contribution in [0.1, 0.15) is 37.7 Å². The van der Waals surface area contributed by atoms with Crippen molar-refractivity contribution in [2.45, 2.75) is 43.9 Å². The summed E-state index contributed by atoms with van der Waals surface area (Å²) in [4.78, 5) is 12.2. The lowest BCUT2D eigenvalue weighted by molar-refractivity contribution is -0.138. The molecule has 108 valence electrons. The summed E-state index contributed by atoms with van der Waals surface area (Å²) in [6.07, 6.45) is -0.372. The Bertz CT molecular complexity index is 548. The second kappa shape index (κ2) is 4.40. The molecule has 1 aromatic rings. The zero-order valence-corrected chi connectivity index (χ0v) is 10.7. The minimum absolute atomic E-state index is 0.0982. The molecule has 0 saturated heterocycles. The number of nitrogens with one attached hydrogen (secondary N) is 1. The van der Waals surface area contributed by atoms with Crippen LogP contribution in [-0.4, -0.2) is 11.5 Å². The van der Waals surface area contributed by atoms with E-state index in [0.29, 0.717) is 18.6 Å². The van der Waals surface area contributed by atoms with Gasteiger partial charge in [-0.25, -0.2) is 0 Å². The number of carbonyl (C=O) groups excluding carboxylic acids is 1. The summed E-state index contributed by atoms with van der Waals surface area (Å²) in [5.74, 6) is -0.0106. The van der Waals surface area contributed by atoms with E-state index in [1.165, 1.54) is 6.07 Å². The first-order chi connectivity index (χ1) is 9.41. The minimum atomic E-state index is -4.43. The second-order valence-electron chi connectivity index (χ2n) is 5.32. The van der Waals surface area contributed by atoms with E-state index in [9.17, 15) is 18.0 Å². The molecule has 0 atom stereocenters. The highest BCUT2D eigenvalue weighted by Crippen LogP contribution is 2.43. The third-order valence-corrected chi connectivity index (χ3v) is 3.94. The van der Waals surface area contributed by atoms with Crippen LogP contribution in [0.4, 0.5) is 18.9 Å². The van der Waals surface area contributed by atoms with E-state index in [0.717, 1.165) is 31.4 Å². The molecule has 1 aromatic carbocycles. The normalized spacial score (nSPS) is 21.1. The molecule has 1 aliphatic heterocycles. The number of rotatable bonds is 0. The fraction of sp³-hybridized carbons (Fsp3) is 0.500. The zero-order chi connectivity index (χ0) is 14.4. The molecule has 1 heterocycles. The Balaban J connectivity index is 1.94. The van der Waals surface area contributed by atoms with Crippen molar-refractivity contribution in [1.29, 1.82) is 0 Å². The zero-order valence-electron chi connectivity index (χ0n) is 10.7. The van der Waals surface area contributed by atoms with Crippen LogP contribution < -0.4 is 10.1 Å². The number of amides is 1. The molecule has 20 heavy (non-hydrogen) atoms. The number of fused-ring (bicyclic) bond motifs is 1. The molecular weight excluding hydrogens is 271 g/mol. The van der Waals surface area contributed by atoms with Gasteiger partial charge in [0.1, 0.15) is 5.75 Å². The van der Waals surface area contributed by atoms with Crippen molar-refractivity contribution in [3.05, 3.63) is 23.8 Å². The van der Waals surface area contributed by atoms with E-state index in [-0.39, 0.29) is 11.6 Å². The molecule has 2 aliphatic rings. The lowest BCUT2D eigenvalue weighted by Gasteiger charge is -2.40. The van der Waals surface area contributed by atoms with Crippen LogP contribution in [0.5, 0.6) is 5.75 Å². The summed E-state index contributed by atoms with van der Waals surface area (Å²) >= 11 is 0. The molecule has 0 aromatic heterocycles. The third kappa shape index (κ3) is 2.13. The van der Waals surface area contributed by atoms with Gasteiger partial charge in [0.05, 0.1) is 11.3 Å². The summed E-state index contributed by atoms with van der Waals surface area (Å²) in [6.45, 7) is 0. The summed E-state index contributed by atoms with van der Waals surface area (Å²) in [7, 11) is 0. The molecule has 0 unspecified atom stereocenters. The summed E-state index contributed by atoms with van der Waals surface area (Å²) < 4.78 is 43.7. The predicted molar refractivity (Wildman–Crippen MR) is 66.5 cm³/mol. The van der Waals surface area contributed by atoms with Crippen molar-refractivity contribution < 1.29 is 22.7 Å². The van der Waals surface area contributed by atoms with Gasteiger partial charge in [-0.05, 0) is 43.9 Å². The van der Waals surface area contributed by atoms with Crippen molar-refractivity contribution in [2.24, 2.45) is 0 Å². The van der Waals surface area contributed by atoms with E-state index in [4.69, 9.17) is 4.74 Å². The molecule has 1 amide bonds. The van der Waals surface area contributed by atoms with Gasteiger partial charge in [-0.3, -0.25) is 4.79 Å². The molecule has 1 fully saturated rings. The SMILES string of the molecule is O=C1Nc2cc(C(F)(F)F)ccc2OC12CCCCC2. The Kier molecular flexibility index (Phi) is 2.92. The summed E-state index contributed by atoms with van der Waals surface area (Å²) in [5, 5.41) is 2.57. The number of benzene rings is 1. The smallest absolute Gasteiger partial charge is 0.416 e. The summed E-state index contributed by atoms with van der Waals surface area (Å²) in [5.41, 5.74) is -1.59. The van der Waals surface area contributed by atoms with E-state index >= 15 is 0 Å². The van der Waals surface area contributed by atoms with Crippen LogP contribution in [0, 0.1) is 0 Å². The molecule has 0 bridgehead atoms. The first-order valence-corrected chi connectivity index (χ1v) is 6.62. The largest absolute Gasteiger partial charge is 0.475 e. The molecule has 3 rings (SSSR count). The highest BCUT2D eigenvalue weighted by Gasteiger charge is 2.45. The third-order valence-electron chi connectivity index (χ3n) is 3.94. The molecule has 1 aliphatic carbocycles. The molecular formula is C14H14F3NO2. The quantitative estimate of drug-likeness (QED) is 0.788. The van der Waals surface area contributed by atoms with Crippen molar-refractivity contribution >= 4 is 11.6 Å². The first kappa shape index (κ1) is 13.3. The van der Waals surface area contributed by atoms with Crippen LogP contribution in [-0.2, 0) is 11.0 Å². The molecule has 6 heteroatoms. The highest BCUT2D eigenvalue weighted by atomic mass is 19.4. The van der Waals surface area contributed by atoms with Gasteiger partial charge in [-0.2, -0.15) is 13.2 Å². The second-order valence-corrected chi connectivity index (χ2v) is 5.32. The van der Waals surface area contributed by atoms with Gasteiger partial charge in [-0.1, -0.05) is 6.42 Å². The number of carbonyl (C=O) groups is 1. The Morgan fingerprint density at radius 2 is 1.85 bits per heavy atom. The maximum atomic E-state index is 12.6. The minimum Gasteiger partial charge on any atom is -0.475 e. The van der Waals surface area contributed by atoms with Crippen LogP contribution >= 0.6 is 0 Å². The van der Waals surface area contributed by atoms with Crippen LogP contribution in [0.25, 0.3) is 0 Å². The van der Waals surface area contributed by atoms with Gasteiger partial charge >= 0.3 is 6.18 Å². The van der Waals surface area contributed by atoms with Crippen LogP contribution in [0.15, 0.2) is 18.2 Å². The first-order valence-electron chi connectivity index (χ1n) is 6.62. The Labute approximate surface area is 114 Å². The average Bonchev–Trinajstić information content (AvgIpc) is 2.40. The van der Waals surface area contributed by atoms with Gasteiger partial charge in [0.2, 0.25) is 0 Å². The van der Waals surface area contributed by atoms with Crippen molar-refractivity contribution in [3.63, 3.8) is 0 Å². The average molecular weight is 285 g/mol. The van der Waals surface area contributed by atoms with Gasteiger partial charge in [0.15, 0.2) is 5.60 Å². The van der Waals surface area contributed by atoms with E-state index in [2.05, 4.69) is 5.32 Å². The molecule has 1 spiro atoms. The van der Waals surface area contributed by atoms with Crippen molar-refractivity contribution in [2.75, 3.05) is 5.32 Å². The fourth-order valence-corrected chi connectivity index (χ4v) is 2.84. The molecule has 1 N–H and O–H groups in total. The number of hydrogen-bond donors (Lipinski definition) is 1. The molecule has 3 nitrogen and oxygen atoms in total. The lowest BCUT2D eigenvalue weighted by atomic mass is 9.83. The molecule has 1 saturated carbocycles. The Morgan fingerprint density at radius 1 is 1.15 bits per heavy atom. The van der Waals surface area contributed by atoms with Gasteiger partial charge in [0, 0.05) is 0 Å².